The largest absolute Gasteiger partial charge is 0.345 e. The third-order valence-corrected chi connectivity index (χ3v) is 6.44. The Morgan fingerprint density at radius 2 is 1.96 bits per heavy atom. The molecule has 26 heavy (non-hydrogen) atoms. The standard InChI is InChI=1S/C21H29N3O2/c1-22-12-5-10-21(20(22)26)11-15-23(16-21)14-9-19(25)24-13-4-7-17-6-2-3-8-18(17)24/h2-3,6,8H,4-5,7,9-16H2,1H3/t21-/m1/s1. The second kappa shape index (κ2) is 7.03. The molecule has 1 atom stereocenters. The van der Waals surface area contributed by atoms with Crippen LogP contribution in [0.15, 0.2) is 24.3 Å². The Hall–Kier alpha value is -1.88. The van der Waals surface area contributed by atoms with Crippen LogP contribution in [0.2, 0.25) is 0 Å². The summed E-state index contributed by atoms with van der Waals surface area (Å²) in [6, 6.07) is 8.26. The molecule has 1 aromatic carbocycles. The lowest BCUT2D eigenvalue weighted by molar-refractivity contribution is -0.143. The van der Waals surface area contributed by atoms with Crippen LogP contribution in [0.1, 0.15) is 37.7 Å². The molecule has 5 heteroatoms. The Morgan fingerprint density at radius 3 is 2.85 bits per heavy atom. The summed E-state index contributed by atoms with van der Waals surface area (Å²) < 4.78 is 0. The van der Waals surface area contributed by atoms with Crippen molar-refractivity contribution in [1.82, 2.24) is 9.80 Å². The van der Waals surface area contributed by atoms with E-state index in [0.29, 0.717) is 12.3 Å². The van der Waals surface area contributed by atoms with Gasteiger partial charge in [0.05, 0.1) is 5.41 Å². The van der Waals surface area contributed by atoms with E-state index in [4.69, 9.17) is 0 Å². The Balaban J connectivity index is 1.36. The average Bonchev–Trinajstić information content (AvgIpc) is 3.08. The van der Waals surface area contributed by atoms with Crippen molar-refractivity contribution >= 4 is 17.5 Å². The molecule has 0 aromatic heterocycles. The van der Waals surface area contributed by atoms with Crippen molar-refractivity contribution < 1.29 is 9.59 Å². The summed E-state index contributed by atoms with van der Waals surface area (Å²) in [7, 11) is 1.92. The minimum atomic E-state index is -0.187. The van der Waals surface area contributed by atoms with Gasteiger partial charge in [0.1, 0.15) is 0 Å². The van der Waals surface area contributed by atoms with Crippen molar-refractivity contribution in [2.45, 2.75) is 38.5 Å². The number of benzene rings is 1. The zero-order chi connectivity index (χ0) is 18.1. The summed E-state index contributed by atoms with van der Waals surface area (Å²) >= 11 is 0. The first-order valence-electron chi connectivity index (χ1n) is 9.95. The van der Waals surface area contributed by atoms with E-state index in [1.807, 2.05) is 22.9 Å². The molecule has 5 nitrogen and oxygen atoms in total. The van der Waals surface area contributed by atoms with Gasteiger partial charge in [-0.25, -0.2) is 0 Å². The van der Waals surface area contributed by atoms with Gasteiger partial charge in [-0.3, -0.25) is 9.59 Å². The van der Waals surface area contributed by atoms with Gasteiger partial charge in [-0.15, -0.1) is 0 Å². The number of piperidine rings is 1. The second-order valence-electron chi connectivity index (χ2n) is 8.16. The van der Waals surface area contributed by atoms with Crippen molar-refractivity contribution in [3.05, 3.63) is 29.8 Å². The Bertz CT molecular complexity index is 704. The van der Waals surface area contributed by atoms with Crippen LogP contribution in [0.5, 0.6) is 0 Å². The molecule has 2 fully saturated rings. The topological polar surface area (TPSA) is 43.9 Å². The second-order valence-corrected chi connectivity index (χ2v) is 8.16. The van der Waals surface area contributed by atoms with Gasteiger partial charge in [-0.2, -0.15) is 0 Å². The molecule has 2 saturated heterocycles. The van der Waals surface area contributed by atoms with E-state index in [-0.39, 0.29) is 11.3 Å². The van der Waals surface area contributed by atoms with Crippen molar-refractivity contribution in [3.63, 3.8) is 0 Å². The van der Waals surface area contributed by atoms with Crippen LogP contribution < -0.4 is 4.90 Å². The molecule has 0 N–H and O–H groups in total. The van der Waals surface area contributed by atoms with Gasteiger partial charge in [-0.05, 0) is 50.3 Å². The fourth-order valence-electron chi connectivity index (χ4n) is 4.98. The third-order valence-electron chi connectivity index (χ3n) is 6.44. The van der Waals surface area contributed by atoms with E-state index < -0.39 is 0 Å². The number of carbonyl (C=O) groups is 2. The van der Waals surface area contributed by atoms with E-state index in [0.717, 1.165) is 70.5 Å². The molecule has 0 unspecified atom stereocenters. The fourth-order valence-corrected chi connectivity index (χ4v) is 4.98. The minimum absolute atomic E-state index is 0.187. The zero-order valence-corrected chi connectivity index (χ0v) is 15.7. The number of hydrogen-bond acceptors (Lipinski definition) is 3. The van der Waals surface area contributed by atoms with Gasteiger partial charge in [0.2, 0.25) is 11.8 Å². The SMILES string of the molecule is CN1CCC[C@]2(CCN(CCC(=O)N3CCCc4ccccc43)C2)C1=O. The molecular weight excluding hydrogens is 326 g/mol. The molecule has 0 aliphatic carbocycles. The predicted octanol–water partition coefficient (Wildman–Crippen LogP) is 2.30. The molecule has 2 amide bonds. The monoisotopic (exact) mass is 355 g/mol. The summed E-state index contributed by atoms with van der Waals surface area (Å²) in [5.41, 5.74) is 2.18. The van der Waals surface area contributed by atoms with E-state index >= 15 is 0 Å². The Kier molecular flexibility index (Phi) is 4.74. The highest BCUT2D eigenvalue weighted by Gasteiger charge is 2.47. The normalized spacial score (nSPS) is 26.4. The maximum absolute atomic E-state index is 12.8. The van der Waals surface area contributed by atoms with E-state index in [9.17, 15) is 9.59 Å². The van der Waals surface area contributed by atoms with Gasteiger partial charge < -0.3 is 14.7 Å². The maximum atomic E-state index is 12.8. The quantitative estimate of drug-likeness (QED) is 0.836. The molecule has 1 aromatic rings. The fraction of sp³-hybridized carbons (Fsp3) is 0.619. The highest BCUT2D eigenvalue weighted by molar-refractivity contribution is 5.94. The van der Waals surface area contributed by atoms with E-state index in [1.165, 1.54) is 5.56 Å². The number of hydrogen-bond donors (Lipinski definition) is 0. The number of fused-ring (bicyclic) bond motifs is 1. The van der Waals surface area contributed by atoms with E-state index in [2.05, 4.69) is 23.1 Å². The van der Waals surface area contributed by atoms with Gasteiger partial charge in [-0.1, -0.05) is 18.2 Å². The number of anilines is 1. The molecule has 0 radical (unpaired) electrons. The summed E-state index contributed by atoms with van der Waals surface area (Å²) in [6.07, 6.45) is 5.67. The molecular formula is C21H29N3O2. The number of rotatable bonds is 3. The van der Waals surface area contributed by atoms with Gasteiger partial charge in [0.15, 0.2) is 0 Å². The van der Waals surface area contributed by atoms with Crippen LogP contribution in [0.4, 0.5) is 5.69 Å². The maximum Gasteiger partial charge on any atom is 0.229 e. The molecule has 0 saturated carbocycles. The summed E-state index contributed by atoms with van der Waals surface area (Å²) in [5, 5.41) is 0. The smallest absolute Gasteiger partial charge is 0.229 e. The first-order chi connectivity index (χ1) is 12.6. The van der Waals surface area contributed by atoms with Crippen LogP contribution >= 0.6 is 0 Å². The Labute approximate surface area is 155 Å². The van der Waals surface area contributed by atoms with Gasteiger partial charge >= 0.3 is 0 Å². The van der Waals surface area contributed by atoms with Gasteiger partial charge in [0.25, 0.3) is 0 Å². The molecule has 3 heterocycles. The summed E-state index contributed by atoms with van der Waals surface area (Å²) in [6.45, 7) is 4.22. The first kappa shape index (κ1) is 17.5. The molecule has 0 bridgehead atoms. The zero-order valence-electron chi connectivity index (χ0n) is 15.7. The first-order valence-corrected chi connectivity index (χ1v) is 9.95. The number of likely N-dealkylation sites (tertiary alicyclic amines) is 2. The highest BCUT2D eigenvalue weighted by Crippen LogP contribution is 2.39. The van der Waals surface area contributed by atoms with Crippen LogP contribution in [0.3, 0.4) is 0 Å². The predicted molar refractivity (Wildman–Crippen MR) is 102 cm³/mol. The lowest BCUT2D eigenvalue weighted by Crippen LogP contribution is -2.48. The van der Waals surface area contributed by atoms with Crippen molar-refractivity contribution in [2.24, 2.45) is 5.41 Å². The van der Waals surface area contributed by atoms with Crippen LogP contribution in [-0.4, -0.2) is 61.4 Å². The van der Waals surface area contributed by atoms with Crippen molar-refractivity contribution in [1.29, 1.82) is 0 Å². The molecule has 140 valence electrons. The average molecular weight is 355 g/mol. The summed E-state index contributed by atoms with van der Waals surface area (Å²) in [5.74, 6) is 0.521. The lowest BCUT2D eigenvalue weighted by atomic mass is 9.78. The summed E-state index contributed by atoms with van der Waals surface area (Å²) in [4.78, 5) is 31.6. The van der Waals surface area contributed by atoms with Crippen LogP contribution in [0, 0.1) is 5.41 Å². The number of aryl methyl sites for hydroxylation is 1. The van der Waals surface area contributed by atoms with Crippen LogP contribution in [-0.2, 0) is 16.0 Å². The highest BCUT2D eigenvalue weighted by atomic mass is 16.2. The number of nitrogens with zero attached hydrogens (tertiary/aromatic N) is 3. The molecule has 3 aliphatic rings. The minimum Gasteiger partial charge on any atom is -0.345 e. The van der Waals surface area contributed by atoms with Crippen molar-refractivity contribution in [2.75, 3.05) is 44.7 Å². The third kappa shape index (κ3) is 3.13. The Morgan fingerprint density at radius 1 is 1.12 bits per heavy atom. The number of amides is 2. The van der Waals surface area contributed by atoms with Gasteiger partial charge in [0, 0.05) is 45.3 Å². The number of carbonyl (C=O) groups excluding carboxylic acids is 2. The molecule has 3 aliphatic heterocycles. The van der Waals surface area contributed by atoms with Crippen molar-refractivity contribution in [3.8, 4) is 0 Å². The lowest BCUT2D eigenvalue weighted by Gasteiger charge is -2.37. The molecule has 1 spiro atoms. The van der Waals surface area contributed by atoms with Crippen LogP contribution in [0.25, 0.3) is 0 Å². The molecule has 4 rings (SSSR count). The number of para-hydroxylation sites is 1. The van der Waals surface area contributed by atoms with E-state index in [1.54, 1.807) is 0 Å².